The van der Waals surface area contributed by atoms with Gasteiger partial charge in [0.15, 0.2) is 5.96 Å². The Bertz CT molecular complexity index is 1160. The number of sulfone groups is 1. The van der Waals surface area contributed by atoms with Crippen LogP contribution in [0.2, 0.25) is 0 Å². The van der Waals surface area contributed by atoms with E-state index in [1.165, 1.54) is 6.92 Å². The van der Waals surface area contributed by atoms with E-state index in [4.69, 9.17) is 11.5 Å². The van der Waals surface area contributed by atoms with Gasteiger partial charge in [0.05, 0.1) is 20.9 Å². The lowest BCUT2D eigenvalue weighted by Gasteiger charge is -2.12. The number of nitrogens with zero attached hydrogens (tertiary/aromatic N) is 2. The van der Waals surface area contributed by atoms with Gasteiger partial charge >= 0.3 is 6.18 Å². The normalized spacial score (nSPS) is 11.7. The van der Waals surface area contributed by atoms with Gasteiger partial charge in [-0.1, -0.05) is 13.0 Å². The van der Waals surface area contributed by atoms with Crippen molar-refractivity contribution in [2.45, 2.75) is 29.3 Å². The molecule has 0 aromatic heterocycles. The fraction of sp³-hybridized carbons (Fsp3) is 0.176. The average Bonchev–Trinajstić information content (AvgIpc) is 2.65. The first-order valence-corrected chi connectivity index (χ1v) is 9.65. The second-order valence-corrected chi connectivity index (χ2v) is 7.88. The maximum atomic E-state index is 13.0. The van der Waals surface area contributed by atoms with Crippen LogP contribution in [0.5, 0.6) is 0 Å². The number of guanidine groups is 1. The summed E-state index contributed by atoms with van der Waals surface area (Å²) in [6.07, 6.45) is -4.76. The summed E-state index contributed by atoms with van der Waals surface area (Å²) >= 11 is 0. The Morgan fingerprint density at radius 1 is 1.20 bits per heavy atom. The zero-order valence-corrected chi connectivity index (χ0v) is 16.1. The Morgan fingerprint density at radius 2 is 1.83 bits per heavy atom. The average molecular weight is 444 g/mol. The first-order valence-electron chi connectivity index (χ1n) is 8.16. The molecule has 0 aliphatic heterocycles. The molecule has 0 aliphatic rings. The molecule has 0 fully saturated rings. The Balaban J connectivity index is 2.79. The number of rotatable bonds is 5. The third-order valence-corrected chi connectivity index (χ3v) is 5.77. The lowest BCUT2D eigenvalue weighted by molar-refractivity contribution is -0.387. The zero-order valence-electron chi connectivity index (χ0n) is 15.3. The lowest BCUT2D eigenvalue weighted by Crippen LogP contribution is -2.24. The summed E-state index contributed by atoms with van der Waals surface area (Å²) in [5.41, 5.74) is 7.78. The summed E-state index contributed by atoms with van der Waals surface area (Å²) in [6, 6.07) is 4.36. The van der Waals surface area contributed by atoms with Crippen molar-refractivity contribution in [2.75, 3.05) is 0 Å². The van der Waals surface area contributed by atoms with Crippen LogP contribution in [-0.4, -0.2) is 25.2 Å². The Kier molecular flexibility index (Phi) is 6.16. The number of carbonyl (C=O) groups excluding carboxylic acids is 1. The number of nitro benzene ring substituents is 1. The van der Waals surface area contributed by atoms with Gasteiger partial charge in [-0.3, -0.25) is 14.9 Å². The van der Waals surface area contributed by atoms with Gasteiger partial charge < -0.3 is 11.5 Å². The molecule has 0 unspecified atom stereocenters. The van der Waals surface area contributed by atoms with Crippen molar-refractivity contribution >= 4 is 27.4 Å². The Labute approximate surface area is 168 Å². The minimum atomic E-state index is -4.82. The van der Waals surface area contributed by atoms with E-state index in [0.29, 0.717) is 18.2 Å². The first-order chi connectivity index (χ1) is 13.8. The van der Waals surface area contributed by atoms with E-state index in [1.807, 2.05) is 0 Å². The van der Waals surface area contributed by atoms with Crippen molar-refractivity contribution < 1.29 is 31.3 Å². The number of aliphatic imine (C=N–C) groups is 1. The van der Waals surface area contributed by atoms with Crippen LogP contribution >= 0.6 is 0 Å². The van der Waals surface area contributed by atoms with Gasteiger partial charge in [-0.2, -0.15) is 18.2 Å². The van der Waals surface area contributed by atoms with Crippen LogP contribution < -0.4 is 11.5 Å². The fourth-order valence-electron chi connectivity index (χ4n) is 2.60. The van der Waals surface area contributed by atoms with E-state index in [9.17, 15) is 36.5 Å². The monoisotopic (exact) mass is 444 g/mol. The minimum absolute atomic E-state index is 0.0566. The molecule has 2 aromatic rings. The topological polar surface area (TPSA) is 159 Å². The maximum Gasteiger partial charge on any atom is 0.416 e. The zero-order chi connectivity index (χ0) is 22.9. The molecule has 4 N–H and O–H groups in total. The quantitative estimate of drug-likeness (QED) is 0.310. The van der Waals surface area contributed by atoms with Gasteiger partial charge in [-0.25, -0.2) is 8.42 Å². The van der Waals surface area contributed by atoms with Gasteiger partial charge in [0.1, 0.15) is 4.90 Å². The molecule has 160 valence electrons. The van der Waals surface area contributed by atoms with E-state index in [-0.39, 0.29) is 17.5 Å². The maximum absolute atomic E-state index is 13.0. The summed E-state index contributed by atoms with van der Waals surface area (Å²) in [4.78, 5) is 24.2. The summed E-state index contributed by atoms with van der Waals surface area (Å²) in [7, 11) is -4.73. The van der Waals surface area contributed by atoms with Crippen LogP contribution in [-0.2, 0) is 22.4 Å². The number of aryl methyl sites for hydroxylation is 1. The van der Waals surface area contributed by atoms with Crippen molar-refractivity contribution in [1.82, 2.24) is 0 Å². The third-order valence-electron chi connectivity index (χ3n) is 3.98. The SMILES string of the molecule is CCc1cc(S(=O)(=O)c2cccc(C(F)(F)F)c2)c([N+](=O)[O-])cc1C(=O)N=C(N)N. The number of nitro groups is 1. The van der Waals surface area contributed by atoms with Crippen LogP contribution in [0.3, 0.4) is 0 Å². The number of alkyl halides is 3. The predicted molar refractivity (Wildman–Crippen MR) is 99.5 cm³/mol. The molecule has 0 heterocycles. The van der Waals surface area contributed by atoms with Crippen molar-refractivity contribution in [3.05, 3.63) is 63.2 Å². The third kappa shape index (κ3) is 4.56. The number of halogens is 3. The summed E-state index contributed by atoms with van der Waals surface area (Å²) in [6.45, 7) is 1.54. The summed E-state index contributed by atoms with van der Waals surface area (Å²) in [5.74, 6) is -1.64. The lowest BCUT2D eigenvalue weighted by atomic mass is 10.0. The highest BCUT2D eigenvalue weighted by Gasteiger charge is 2.34. The van der Waals surface area contributed by atoms with E-state index in [1.54, 1.807) is 0 Å². The van der Waals surface area contributed by atoms with Crippen LogP contribution in [0.1, 0.15) is 28.4 Å². The highest BCUT2D eigenvalue weighted by Crippen LogP contribution is 2.35. The molecule has 9 nitrogen and oxygen atoms in total. The first kappa shape index (κ1) is 22.8. The van der Waals surface area contributed by atoms with Gasteiger partial charge in [0, 0.05) is 6.07 Å². The number of benzene rings is 2. The smallest absolute Gasteiger partial charge is 0.370 e. The molecule has 0 saturated heterocycles. The molecular weight excluding hydrogens is 429 g/mol. The Hall–Kier alpha value is -3.48. The van der Waals surface area contributed by atoms with Crippen molar-refractivity contribution in [1.29, 1.82) is 0 Å². The van der Waals surface area contributed by atoms with E-state index in [0.717, 1.165) is 18.2 Å². The highest BCUT2D eigenvalue weighted by molar-refractivity contribution is 7.91. The van der Waals surface area contributed by atoms with Crippen LogP contribution in [0.25, 0.3) is 0 Å². The molecule has 30 heavy (non-hydrogen) atoms. The predicted octanol–water partition coefficient (Wildman–Crippen LogP) is 2.42. The van der Waals surface area contributed by atoms with E-state index < -0.39 is 53.8 Å². The van der Waals surface area contributed by atoms with Gasteiger partial charge in [-0.05, 0) is 36.2 Å². The van der Waals surface area contributed by atoms with Gasteiger partial charge in [0.2, 0.25) is 9.84 Å². The fourth-order valence-corrected chi connectivity index (χ4v) is 4.10. The molecule has 0 atom stereocenters. The molecule has 0 spiro atoms. The molecule has 0 bridgehead atoms. The van der Waals surface area contributed by atoms with Gasteiger partial charge in [-0.15, -0.1) is 0 Å². The van der Waals surface area contributed by atoms with Crippen molar-refractivity contribution in [3.63, 3.8) is 0 Å². The van der Waals surface area contributed by atoms with Crippen LogP contribution in [0.4, 0.5) is 18.9 Å². The number of nitrogens with two attached hydrogens (primary N) is 2. The number of hydrogen-bond acceptors (Lipinski definition) is 5. The molecule has 2 aromatic carbocycles. The van der Waals surface area contributed by atoms with Crippen LogP contribution in [0, 0.1) is 10.1 Å². The van der Waals surface area contributed by atoms with Crippen molar-refractivity contribution in [3.8, 4) is 0 Å². The molecule has 0 saturated carbocycles. The number of carbonyl (C=O) groups is 1. The van der Waals surface area contributed by atoms with Crippen molar-refractivity contribution in [2.24, 2.45) is 16.5 Å². The molecule has 1 amide bonds. The number of hydrogen-bond donors (Lipinski definition) is 2. The Morgan fingerprint density at radius 3 is 2.33 bits per heavy atom. The van der Waals surface area contributed by atoms with Crippen LogP contribution in [0.15, 0.2) is 51.2 Å². The molecule has 0 aliphatic carbocycles. The minimum Gasteiger partial charge on any atom is -0.370 e. The highest BCUT2D eigenvalue weighted by atomic mass is 32.2. The molecule has 2 rings (SSSR count). The largest absolute Gasteiger partial charge is 0.416 e. The van der Waals surface area contributed by atoms with Gasteiger partial charge in [0.25, 0.3) is 11.6 Å². The second-order valence-electron chi connectivity index (χ2n) is 5.96. The van der Waals surface area contributed by atoms with E-state index >= 15 is 0 Å². The molecular formula is C17H15F3N4O5S. The molecule has 0 radical (unpaired) electrons. The molecule has 13 heteroatoms. The van der Waals surface area contributed by atoms with E-state index in [2.05, 4.69) is 4.99 Å². The summed E-state index contributed by atoms with van der Waals surface area (Å²) in [5, 5.41) is 11.5. The summed E-state index contributed by atoms with van der Waals surface area (Å²) < 4.78 is 64.8. The second kappa shape index (κ2) is 8.10. The number of amides is 1. The standard InChI is InChI=1S/C17H15F3N4O5S/c1-2-9-6-14(13(24(26)27)8-12(9)15(25)23-16(21)22)30(28,29)11-5-3-4-10(7-11)17(18,19)20/h3-8H,2H2,1H3,(H4,21,22,23,25).